The number of nitrogens with zero attached hydrogens (tertiary/aromatic N) is 6. The number of ether oxygens (including phenoxy) is 1. The lowest BCUT2D eigenvalue weighted by Crippen LogP contribution is -2.13. The van der Waals surface area contributed by atoms with E-state index in [-0.39, 0.29) is 4.90 Å². The number of nitrogens with one attached hydrogen (secondary N) is 1. The Kier molecular flexibility index (Phi) is 5.75. The highest BCUT2D eigenvalue weighted by Gasteiger charge is 2.15. The topological polar surface area (TPSA) is 117 Å². The molecular weight excluding hydrogens is 466 g/mol. The number of aromatic nitrogens is 6. The van der Waals surface area contributed by atoms with Gasteiger partial charge in [-0.15, -0.1) is 0 Å². The van der Waals surface area contributed by atoms with Crippen LogP contribution in [0.1, 0.15) is 11.4 Å². The van der Waals surface area contributed by atoms with Crippen LogP contribution in [0, 0.1) is 13.8 Å². The molecule has 1 N–H and O–H groups in total. The molecule has 0 spiro atoms. The van der Waals surface area contributed by atoms with E-state index in [1.54, 1.807) is 70.3 Å². The van der Waals surface area contributed by atoms with Gasteiger partial charge in [-0.1, -0.05) is 0 Å². The van der Waals surface area contributed by atoms with Gasteiger partial charge in [0, 0.05) is 29.8 Å². The van der Waals surface area contributed by atoms with E-state index < -0.39 is 10.0 Å². The quantitative estimate of drug-likeness (QED) is 0.368. The summed E-state index contributed by atoms with van der Waals surface area (Å²) in [6.45, 7) is 3.85. The van der Waals surface area contributed by atoms with Crippen molar-refractivity contribution in [2.45, 2.75) is 18.7 Å². The molecule has 10 nitrogen and oxygen atoms in total. The first-order chi connectivity index (χ1) is 16.9. The Morgan fingerprint density at radius 2 is 1.71 bits per heavy atom. The van der Waals surface area contributed by atoms with Crippen molar-refractivity contribution in [2.24, 2.45) is 0 Å². The molecule has 0 aliphatic heterocycles. The van der Waals surface area contributed by atoms with E-state index in [0.29, 0.717) is 23.1 Å². The standard InChI is InChI=1S/C24H21N7O3S/c1-17-14-18(2)31(28-17)23-15-24(26-16-25-23)34-21-8-4-19(5-9-21)29-35(32,33)22-10-6-20(7-11-22)30-13-3-12-27-30/h3-16,29H,1-2H3. The second-order valence-corrected chi connectivity index (χ2v) is 9.41. The first-order valence-corrected chi connectivity index (χ1v) is 12.1. The number of aryl methyl sites for hydroxylation is 2. The van der Waals surface area contributed by atoms with Crippen molar-refractivity contribution in [3.05, 3.63) is 96.8 Å². The summed E-state index contributed by atoms with van der Waals surface area (Å²) in [6, 6.07) is 18.4. The summed E-state index contributed by atoms with van der Waals surface area (Å²) < 4.78 is 37.3. The molecule has 3 heterocycles. The molecule has 0 fully saturated rings. The Bertz CT molecular complexity index is 1560. The average molecular weight is 488 g/mol. The summed E-state index contributed by atoms with van der Waals surface area (Å²) in [7, 11) is -3.76. The lowest BCUT2D eigenvalue weighted by molar-refractivity contribution is 0.460. The molecule has 0 aliphatic rings. The molecule has 0 saturated heterocycles. The fourth-order valence-electron chi connectivity index (χ4n) is 3.49. The van der Waals surface area contributed by atoms with E-state index in [9.17, 15) is 8.42 Å². The van der Waals surface area contributed by atoms with Gasteiger partial charge in [-0.3, -0.25) is 4.72 Å². The first kappa shape index (κ1) is 22.3. The number of hydrogen-bond donors (Lipinski definition) is 1. The third-order valence-electron chi connectivity index (χ3n) is 5.10. The zero-order chi connectivity index (χ0) is 24.4. The van der Waals surface area contributed by atoms with Crippen molar-refractivity contribution < 1.29 is 13.2 Å². The van der Waals surface area contributed by atoms with Crippen LogP contribution >= 0.6 is 0 Å². The maximum atomic E-state index is 12.8. The van der Waals surface area contributed by atoms with Crippen LogP contribution in [0.5, 0.6) is 11.6 Å². The first-order valence-electron chi connectivity index (χ1n) is 10.6. The molecular formula is C24H21N7O3S. The largest absolute Gasteiger partial charge is 0.439 e. The van der Waals surface area contributed by atoms with Gasteiger partial charge in [0.2, 0.25) is 5.88 Å². The minimum Gasteiger partial charge on any atom is -0.439 e. The van der Waals surface area contributed by atoms with Crippen molar-refractivity contribution in [1.82, 2.24) is 29.5 Å². The highest BCUT2D eigenvalue weighted by Crippen LogP contribution is 2.24. The summed E-state index contributed by atoms with van der Waals surface area (Å²) in [4.78, 5) is 8.55. The molecule has 3 aromatic heterocycles. The summed E-state index contributed by atoms with van der Waals surface area (Å²) in [5.41, 5.74) is 3.00. The van der Waals surface area contributed by atoms with Crippen molar-refractivity contribution in [2.75, 3.05) is 4.72 Å². The van der Waals surface area contributed by atoms with Gasteiger partial charge in [0.05, 0.1) is 16.3 Å². The lowest BCUT2D eigenvalue weighted by atomic mass is 10.3. The van der Waals surface area contributed by atoms with Crippen LogP contribution in [-0.2, 0) is 10.0 Å². The lowest BCUT2D eigenvalue weighted by Gasteiger charge is -2.10. The van der Waals surface area contributed by atoms with E-state index in [4.69, 9.17) is 4.74 Å². The average Bonchev–Trinajstić information content (AvgIpc) is 3.50. The van der Waals surface area contributed by atoms with E-state index >= 15 is 0 Å². The molecule has 5 rings (SSSR count). The Labute approximate surface area is 201 Å². The summed E-state index contributed by atoms with van der Waals surface area (Å²) >= 11 is 0. The van der Waals surface area contributed by atoms with Gasteiger partial charge in [0.15, 0.2) is 5.82 Å². The molecule has 0 amide bonds. The van der Waals surface area contributed by atoms with Crippen LogP contribution in [0.2, 0.25) is 0 Å². The van der Waals surface area contributed by atoms with Crippen molar-refractivity contribution >= 4 is 15.7 Å². The van der Waals surface area contributed by atoms with Crippen LogP contribution in [0.15, 0.2) is 90.3 Å². The summed E-state index contributed by atoms with van der Waals surface area (Å²) in [5, 5.41) is 8.56. The van der Waals surface area contributed by atoms with Crippen molar-refractivity contribution in [1.29, 1.82) is 0 Å². The zero-order valence-corrected chi connectivity index (χ0v) is 19.7. The third kappa shape index (κ3) is 4.89. The Morgan fingerprint density at radius 3 is 2.37 bits per heavy atom. The van der Waals surface area contributed by atoms with Crippen LogP contribution in [0.25, 0.3) is 11.5 Å². The second kappa shape index (κ2) is 9.03. The zero-order valence-electron chi connectivity index (χ0n) is 18.9. The molecule has 0 bridgehead atoms. The monoisotopic (exact) mass is 487 g/mol. The number of benzene rings is 2. The normalized spacial score (nSPS) is 11.4. The van der Waals surface area contributed by atoms with Gasteiger partial charge in [0.1, 0.15) is 12.1 Å². The molecule has 11 heteroatoms. The predicted molar refractivity (Wildman–Crippen MR) is 130 cm³/mol. The van der Waals surface area contributed by atoms with Crippen LogP contribution in [0.3, 0.4) is 0 Å². The van der Waals surface area contributed by atoms with Gasteiger partial charge in [-0.05, 0) is 74.5 Å². The maximum absolute atomic E-state index is 12.8. The Hall–Kier alpha value is -4.51. The molecule has 0 radical (unpaired) electrons. The number of sulfonamides is 1. The molecule has 176 valence electrons. The van der Waals surface area contributed by atoms with Crippen molar-refractivity contribution in [3.63, 3.8) is 0 Å². The maximum Gasteiger partial charge on any atom is 0.261 e. The van der Waals surface area contributed by atoms with Crippen molar-refractivity contribution in [3.8, 4) is 23.1 Å². The van der Waals surface area contributed by atoms with E-state index in [0.717, 1.165) is 17.1 Å². The van der Waals surface area contributed by atoms with E-state index in [2.05, 4.69) is 24.9 Å². The Balaban J connectivity index is 1.28. The molecule has 2 aromatic carbocycles. The smallest absolute Gasteiger partial charge is 0.261 e. The highest BCUT2D eigenvalue weighted by molar-refractivity contribution is 7.92. The summed E-state index contributed by atoms with van der Waals surface area (Å²) in [5.74, 6) is 1.42. The van der Waals surface area contributed by atoms with Gasteiger partial charge in [-0.2, -0.15) is 10.2 Å². The highest BCUT2D eigenvalue weighted by atomic mass is 32.2. The molecule has 35 heavy (non-hydrogen) atoms. The molecule has 0 aliphatic carbocycles. The molecule has 0 atom stereocenters. The second-order valence-electron chi connectivity index (χ2n) is 7.73. The van der Waals surface area contributed by atoms with E-state index in [1.165, 1.54) is 18.5 Å². The minimum atomic E-state index is -3.76. The number of hydrogen-bond acceptors (Lipinski definition) is 7. The third-order valence-corrected chi connectivity index (χ3v) is 6.50. The molecule has 5 aromatic rings. The van der Waals surface area contributed by atoms with Gasteiger partial charge < -0.3 is 4.74 Å². The predicted octanol–water partition coefficient (Wildman–Crippen LogP) is 4.06. The van der Waals surface area contributed by atoms with Crippen LogP contribution in [0.4, 0.5) is 5.69 Å². The van der Waals surface area contributed by atoms with Crippen LogP contribution in [-0.4, -0.2) is 37.9 Å². The SMILES string of the molecule is Cc1cc(C)n(-c2cc(Oc3ccc(NS(=O)(=O)c4ccc(-n5cccn5)cc4)cc3)ncn2)n1. The van der Waals surface area contributed by atoms with E-state index in [1.807, 2.05) is 19.9 Å². The van der Waals surface area contributed by atoms with Gasteiger partial charge in [0.25, 0.3) is 10.0 Å². The molecule has 0 unspecified atom stereocenters. The van der Waals surface area contributed by atoms with Crippen LogP contribution < -0.4 is 9.46 Å². The van der Waals surface area contributed by atoms with Gasteiger partial charge in [-0.25, -0.2) is 27.7 Å². The minimum absolute atomic E-state index is 0.145. The molecule has 0 saturated carbocycles. The van der Waals surface area contributed by atoms with Gasteiger partial charge >= 0.3 is 0 Å². The fourth-order valence-corrected chi connectivity index (χ4v) is 4.55. The number of anilines is 1. The summed E-state index contributed by atoms with van der Waals surface area (Å²) in [6.07, 6.45) is 4.85. The Morgan fingerprint density at radius 1 is 0.943 bits per heavy atom. The number of rotatable bonds is 7. The fraction of sp³-hybridized carbons (Fsp3) is 0.0833.